The minimum atomic E-state index is -0.157. The van der Waals surface area contributed by atoms with Crippen LogP contribution in [0.1, 0.15) is 29.8 Å². The first-order valence-electron chi connectivity index (χ1n) is 4.93. The summed E-state index contributed by atoms with van der Waals surface area (Å²) in [6.07, 6.45) is 2.75. The lowest BCUT2D eigenvalue weighted by atomic mass is 10.0. The molecule has 15 heavy (non-hydrogen) atoms. The lowest BCUT2D eigenvalue weighted by molar-refractivity contribution is 0.840. The molecule has 1 aromatic carbocycles. The number of hydrogen-bond acceptors (Lipinski definition) is 4. The van der Waals surface area contributed by atoms with Crippen molar-refractivity contribution in [3.63, 3.8) is 0 Å². The SMILES string of the molecule is CCc1cccc(C(N)c2cnsn2)c1. The zero-order valence-electron chi connectivity index (χ0n) is 8.55. The van der Waals surface area contributed by atoms with Crippen LogP contribution >= 0.6 is 11.7 Å². The Bertz CT molecular complexity index is 425. The average Bonchev–Trinajstić information content (AvgIpc) is 2.81. The molecule has 0 saturated carbocycles. The van der Waals surface area contributed by atoms with Crippen LogP contribution in [0.5, 0.6) is 0 Å². The van der Waals surface area contributed by atoms with Crippen molar-refractivity contribution in [2.24, 2.45) is 5.73 Å². The summed E-state index contributed by atoms with van der Waals surface area (Å²) in [6, 6.07) is 8.14. The van der Waals surface area contributed by atoms with E-state index in [0.29, 0.717) is 0 Å². The van der Waals surface area contributed by atoms with Crippen LogP contribution < -0.4 is 5.73 Å². The van der Waals surface area contributed by atoms with E-state index in [1.807, 2.05) is 12.1 Å². The predicted octanol–water partition coefficient (Wildman–Crippen LogP) is 2.15. The quantitative estimate of drug-likeness (QED) is 0.860. The van der Waals surface area contributed by atoms with Crippen LogP contribution in [-0.4, -0.2) is 8.75 Å². The van der Waals surface area contributed by atoms with Gasteiger partial charge in [-0.2, -0.15) is 8.75 Å². The molecule has 0 fully saturated rings. The molecule has 0 spiro atoms. The van der Waals surface area contributed by atoms with Gasteiger partial charge in [0, 0.05) is 0 Å². The van der Waals surface area contributed by atoms with Gasteiger partial charge in [0.25, 0.3) is 0 Å². The van der Waals surface area contributed by atoms with E-state index >= 15 is 0 Å². The van der Waals surface area contributed by atoms with Gasteiger partial charge in [0.2, 0.25) is 0 Å². The van der Waals surface area contributed by atoms with Crippen LogP contribution in [0.3, 0.4) is 0 Å². The number of hydrogen-bond donors (Lipinski definition) is 1. The van der Waals surface area contributed by atoms with Crippen molar-refractivity contribution in [2.45, 2.75) is 19.4 Å². The molecule has 1 unspecified atom stereocenters. The summed E-state index contributed by atoms with van der Waals surface area (Å²) in [4.78, 5) is 0. The highest BCUT2D eigenvalue weighted by Gasteiger charge is 2.11. The summed E-state index contributed by atoms with van der Waals surface area (Å²) in [6.45, 7) is 2.13. The molecule has 2 N–H and O–H groups in total. The third-order valence-corrected chi connectivity index (χ3v) is 2.91. The van der Waals surface area contributed by atoms with Crippen LogP contribution in [0.25, 0.3) is 0 Å². The van der Waals surface area contributed by atoms with Crippen molar-refractivity contribution in [1.82, 2.24) is 8.75 Å². The molecule has 0 radical (unpaired) electrons. The maximum atomic E-state index is 6.09. The summed E-state index contributed by atoms with van der Waals surface area (Å²) in [7, 11) is 0. The number of rotatable bonds is 3. The topological polar surface area (TPSA) is 51.8 Å². The van der Waals surface area contributed by atoms with Crippen molar-refractivity contribution in [3.8, 4) is 0 Å². The first-order chi connectivity index (χ1) is 7.31. The first-order valence-corrected chi connectivity index (χ1v) is 5.66. The fourth-order valence-electron chi connectivity index (χ4n) is 1.49. The lowest BCUT2D eigenvalue weighted by Gasteiger charge is -2.09. The highest BCUT2D eigenvalue weighted by molar-refractivity contribution is 6.99. The number of benzene rings is 1. The molecule has 0 amide bonds. The first kappa shape index (κ1) is 10.3. The maximum Gasteiger partial charge on any atom is 0.0955 e. The standard InChI is InChI=1S/C11H13N3S/c1-2-8-4-3-5-9(6-8)11(12)10-7-13-15-14-10/h3-7,11H,2,12H2,1H3. The lowest BCUT2D eigenvalue weighted by Crippen LogP contribution is -2.12. The Kier molecular flexibility index (Phi) is 3.08. The molecule has 3 nitrogen and oxygen atoms in total. The van der Waals surface area contributed by atoms with Gasteiger partial charge in [0.05, 0.1) is 29.7 Å². The van der Waals surface area contributed by atoms with Gasteiger partial charge in [0.15, 0.2) is 0 Å². The van der Waals surface area contributed by atoms with E-state index in [0.717, 1.165) is 17.7 Å². The van der Waals surface area contributed by atoms with E-state index in [1.165, 1.54) is 17.3 Å². The van der Waals surface area contributed by atoms with Gasteiger partial charge in [-0.3, -0.25) is 0 Å². The summed E-state index contributed by atoms with van der Waals surface area (Å²) in [5.41, 5.74) is 9.33. The predicted molar refractivity (Wildman–Crippen MR) is 61.8 cm³/mol. The van der Waals surface area contributed by atoms with E-state index < -0.39 is 0 Å². The Morgan fingerprint density at radius 1 is 1.47 bits per heavy atom. The Labute approximate surface area is 93.3 Å². The van der Waals surface area contributed by atoms with Crippen LogP contribution in [0, 0.1) is 0 Å². The minimum Gasteiger partial charge on any atom is -0.319 e. The molecule has 1 heterocycles. The molecule has 0 aliphatic rings. The molecule has 0 bridgehead atoms. The molecule has 0 aliphatic heterocycles. The summed E-state index contributed by atoms with van der Waals surface area (Å²) in [5, 5.41) is 0. The molecule has 1 atom stereocenters. The van der Waals surface area contributed by atoms with Crippen molar-refractivity contribution in [2.75, 3.05) is 0 Å². The number of aromatic nitrogens is 2. The van der Waals surface area contributed by atoms with Crippen molar-refractivity contribution < 1.29 is 0 Å². The normalized spacial score (nSPS) is 12.7. The smallest absolute Gasteiger partial charge is 0.0955 e. The second-order valence-electron chi connectivity index (χ2n) is 3.41. The van der Waals surface area contributed by atoms with E-state index in [9.17, 15) is 0 Å². The molecule has 4 heteroatoms. The van der Waals surface area contributed by atoms with Gasteiger partial charge in [-0.15, -0.1) is 0 Å². The second-order valence-corrected chi connectivity index (χ2v) is 3.97. The monoisotopic (exact) mass is 219 g/mol. The van der Waals surface area contributed by atoms with E-state index in [1.54, 1.807) is 6.20 Å². The maximum absolute atomic E-state index is 6.09. The average molecular weight is 219 g/mol. The fourth-order valence-corrected chi connectivity index (χ4v) is 1.94. The number of nitrogens with two attached hydrogens (primary N) is 1. The zero-order valence-corrected chi connectivity index (χ0v) is 9.37. The Hall–Kier alpha value is -1.26. The van der Waals surface area contributed by atoms with Crippen LogP contribution in [0.2, 0.25) is 0 Å². The molecule has 2 aromatic rings. The second kappa shape index (κ2) is 4.51. The summed E-state index contributed by atoms with van der Waals surface area (Å²) in [5.74, 6) is 0. The van der Waals surface area contributed by atoms with Gasteiger partial charge in [0.1, 0.15) is 0 Å². The molecule has 1 aromatic heterocycles. The highest BCUT2D eigenvalue weighted by atomic mass is 32.1. The third kappa shape index (κ3) is 2.22. The van der Waals surface area contributed by atoms with Gasteiger partial charge >= 0.3 is 0 Å². The molecule has 0 aliphatic carbocycles. The largest absolute Gasteiger partial charge is 0.319 e. The third-order valence-electron chi connectivity index (χ3n) is 2.42. The summed E-state index contributed by atoms with van der Waals surface area (Å²) >= 11 is 1.19. The highest BCUT2D eigenvalue weighted by Crippen LogP contribution is 2.19. The Morgan fingerprint density at radius 3 is 3.00 bits per heavy atom. The van der Waals surface area contributed by atoms with Gasteiger partial charge < -0.3 is 5.73 Å². The van der Waals surface area contributed by atoms with Crippen LogP contribution in [0.15, 0.2) is 30.5 Å². The Morgan fingerprint density at radius 2 is 2.33 bits per heavy atom. The van der Waals surface area contributed by atoms with Gasteiger partial charge in [-0.1, -0.05) is 31.2 Å². The summed E-state index contributed by atoms with van der Waals surface area (Å²) < 4.78 is 8.12. The van der Waals surface area contributed by atoms with E-state index in [4.69, 9.17) is 5.73 Å². The minimum absolute atomic E-state index is 0.157. The van der Waals surface area contributed by atoms with Crippen molar-refractivity contribution in [1.29, 1.82) is 0 Å². The number of nitrogens with zero attached hydrogens (tertiary/aromatic N) is 2. The molecule has 0 saturated heterocycles. The zero-order chi connectivity index (χ0) is 10.7. The molecule has 78 valence electrons. The Balaban J connectivity index is 2.29. The molecular weight excluding hydrogens is 206 g/mol. The van der Waals surface area contributed by atoms with E-state index in [2.05, 4.69) is 27.8 Å². The van der Waals surface area contributed by atoms with Crippen molar-refractivity contribution in [3.05, 3.63) is 47.3 Å². The van der Waals surface area contributed by atoms with Gasteiger partial charge in [-0.25, -0.2) is 0 Å². The van der Waals surface area contributed by atoms with Crippen LogP contribution in [0.4, 0.5) is 0 Å². The molecule has 2 rings (SSSR count). The van der Waals surface area contributed by atoms with Gasteiger partial charge in [-0.05, 0) is 17.5 Å². The van der Waals surface area contributed by atoms with Crippen LogP contribution in [-0.2, 0) is 6.42 Å². The van der Waals surface area contributed by atoms with Crippen molar-refractivity contribution >= 4 is 11.7 Å². The number of aryl methyl sites for hydroxylation is 1. The van der Waals surface area contributed by atoms with E-state index in [-0.39, 0.29) is 6.04 Å². The molecular formula is C11H13N3S. The fraction of sp³-hybridized carbons (Fsp3) is 0.273.